The van der Waals surface area contributed by atoms with Crippen LogP contribution in [0.25, 0.3) is 0 Å². The van der Waals surface area contributed by atoms with Crippen LogP contribution in [0.15, 0.2) is 12.4 Å². The Morgan fingerprint density at radius 2 is 2.16 bits per heavy atom. The number of hydrogen-bond donors (Lipinski definition) is 1. The van der Waals surface area contributed by atoms with Gasteiger partial charge in [-0.05, 0) is 46.5 Å². The third-order valence-corrected chi connectivity index (χ3v) is 4.37. The molecule has 2 aliphatic heterocycles. The lowest BCUT2D eigenvalue weighted by Gasteiger charge is -2.34. The smallest absolute Gasteiger partial charge is 0.410 e. The lowest BCUT2D eigenvalue weighted by molar-refractivity contribution is 0.0206. The average molecular weight is 348 g/mol. The fourth-order valence-corrected chi connectivity index (χ4v) is 3.23. The van der Waals surface area contributed by atoms with Gasteiger partial charge in [0.2, 0.25) is 0 Å². The summed E-state index contributed by atoms with van der Waals surface area (Å²) in [5.74, 6) is 0.788. The van der Waals surface area contributed by atoms with E-state index < -0.39 is 5.60 Å². The van der Waals surface area contributed by atoms with Crippen LogP contribution in [0.1, 0.15) is 58.3 Å². The summed E-state index contributed by atoms with van der Waals surface area (Å²) in [4.78, 5) is 22.7. The van der Waals surface area contributed by atoms with E-state index in [1.807, 2.05) is 26.8 Å². The van der Waals surface area contributed by atoms with Crippen molar-refractivity contribution in [2.24, 2.45) is 0 Å². The maximum atomic E-state index is 12.3. The highest BCUT2D eigenvalue weighted by Crippen LogP contribution is 2.28. The van der Waals surface area contributed by atoms with Crippen molar-refractivity contribution in [2.75, 3.05) is 25.0 Å². The number of carbonyl (C=O) groups is 1. The van der Waals surface area contributed by atoms with Crippen LogP contribution < -0.4 is 5.32 Å². The van der Waals surface area contributed by atoms with E-state index in [9.17, 15) is 4.79 Å². The molecule has 1 aromatic heterocycles. The molecular formula is C18H28N4O3. The molecule has 2 atom stereocenters. The van der Waals surface area contributed by atoms with Crippen molar-refractivity contribution < 1.29 is 14.3 Å². The fraction of sp³-hybridized carbons (Fsp3) is 0.722. The summed E-state index contributed by atoms with van der Waals surface area (Å²) in [6.07, 6.45) is 5.43. The molecule has 0 spiro atoms. The molecule has 1 amide bonds. The molecule has 7 nitrogen and oxygen atoms in total. The van der Waals surface area contributed by atoms with Gasteiger partial charge < -0.3 is 19.7 Å². The highest BCUT2D eigenvalue weighted by Gasteiger charge is 2.28. The van der Waals surface area contributed by atoms with E-state index >= 15 is 0 Å². The zero-order valence-corrected chi connectivity index (χ0v) is 15.3. The van der Waals surface area contributed by atoms with Gasteiger partial charge in [-0.15, -0.1) is 0 Å². The van der Waals surface area contributed by atoms with Gasteiger partial charge in [-0.3, -0.25) is 0 Å². The van der Waals surface area contributed by atoms with Crippen molar-refractivity contribution in [3.05, 3.63) is 18.1 Å². The first-order chi connectivity index (χ1) is 11.9. The molecule has 1 aromatic rings. The molecule has 138 valence electrons. The standard InChI is InChI=1S/C18H28N4O3/c1-18(2,3)25-17(23)22-8-4-6-13(11-22)21-16-10-14(19-12-20-16)15-7-5-9-24-15/h10,12-13,15H,4-9,11H2,1-3H3,(H,19,20,21). The second kappa shape index (κ2) is 7.56. The van der Waals surface area contributed by atoms with Gasteiger partial charge in [0.25, 0.3) is 0 Å². The van der Waals surface area contributed by atoms with Crippen LogP contribution in [0.2, 0.25) is 0 Å². The zero-order chi connectivity index (χ0) is 17.9. The fourth-order valence-electron chi connectivity index (χ4n) is 3.23. The number of nitrogens with one attached hydrogen (secondary N) is 1. The Morgan fingerprint density at radius 3 is 2.88 bits per heavy atom. The molecule has 0 bridgehead atoms. The minimum atomic E-state index is -0.472. The molecule has 2 saturated heterocycles. The molecule has 0 aromatic carbocycles. The van der Waals surface area contributed by atoms with E-state index in [-0.39, 0.29) is 18.2 Å². The summed E-state index contributed by atoms with van der Waals surface area (Å²) in [6.45, 7) is 7.81. The summed E-state index contributed by atoms with van der Waals surface area (Å²) in [5.41, 5.74) is 0.454. The lowest BCUT2D eigenvalue weighted by atomic mass is 10.1. The van der Waals surface area contributed by atoms with E-state index in [1.54, 1.807) is 11.2 Å². The predicted molar refractivity (Wildman–Crippen MR) is 94.4 cm³/mol. The van der Waals surface area contributed by atoms with Crippen molar-refractivity contribution in [3.63, 3.8) is 0 Å². The Labute approximate surface area is 149 Å². The van der Waals surface area contributed by atoms with Crippen molar-refractivity contribution in [1.29, 1.82) is 0 Å². The zero-order valence-electron chi connectivity index (χ0n) is 15.3. The first-order valence-electron chi connectivity index (χ1n) is 9.09. The number of carbonyl (C=O) groups excluding carboxylic acids is 1. The van der Waals surface area contributed by atoms with Gasteiger partial charge in [0.1, 0.15) is 17.7 Å². The van der Waals surface area contributed by atoms with Crippen LogP contribution in [0.3, 0.4) is 0 Å². The summed E-state index contributed by atoms with van der Waals surface area (Å²) >= 11 is 0. The second-order valence-electron chi connectivity index (χ2n) is 7.74. The number of amides is 1. The molecule has 3 rings (SSSR count). The van der Waals surface area contributed by atoms with Gasteiger partial charge in [-0.2, -0.15) is 0 Å². The van der Waals surface area contributed by atoms with Gasteiger partial charge in [0.05, 0.1) is 11.8 Å². The largest absolute Gasteiger partial charge is 0.444 e. The van der Waals surface area contributed by atoms with Crippen LogP contribution in [0.5, 0.6) is 0 Å². The number of likely N-dealkylation sites (tertiary alicyclic amines) is 1. The molecule has 7 heteroatoms. The highest BCUT2D eigenvalue weighted by molar-refractivity contribution is 5.68. The number of aromatic nitrogens is 2. The molecule has 0 saturated carbocycles. The summed E-state index contributed by atoms with van der Waals surface area (Å²) in [6, 6.07) is 2.12. The average Bonchev–Trinajstić information content (AvgIpc) is 3.08. The van der Waals surface area contributed by atoms with Gasteiger partial charge in [-0.25, -0.2) is 14.8 Å². The first kappa shape index (κ1) is 17.9. The van der Waals surface area contributed by atoms with E-state index in [2.05, 4.69) is 15.3 Å². The van der Waals surface area contributed by atoms with Crippen molar-refractivity contribution >= 4 is 11.9 Å². The van der Waals surface area contributed by atoms with Crippen LogP contribution in [0.4, 0.5) is 10.6 Å². The maximum Gasteiger partial charge on any atom is 0.410 e. The number of hydrogen-bond acceptors (Lipinski definition) is 6. The minimum Gasteiger partial charge on any atom is -0.444 e. The molecule has 25 heavy (non-hydrogen) atoms. The first-order valence-corrected chi connectivity index (χ1v) is 9.09. The topological polar surface area (TPSA) is 76.6 Å². The van der Waals surface area contributed by atoms with E-state index in [4.69, 9.17) is 9.47 Å². The third-order valence-electron chi connectivity index (χ3n) is 4.37. The molecule has 0 aliphatic carbocycles. The number of rotatable bonds is 3. The molecule has 2 aliphatic rings. The molecule has 1 N–H and O–H groups in total. The molecule has 2 fully saturated rings. The number of nitrogens with zero attached hydrogens (tertiary/aromatic N) is 3. The Bertz CT molecular complexity index is 596. The maximum absolute atomic E-state index is 12.3. The summed E-state index contributed by atoms with van der Waals surface area (Å²) < 4.78 is 11.2. The van der Waals surface area contributed by atoms with Crippen molar-refractivity contribution in [3.8, 4) is 0 Å². The monoisotopic (exact) mass is 348 g/mol. The normalized spacial score (nSPS) is 24.2. The van der Waals surface area contributed by atoms with E-state index in [0.29, 0.717) is 6.54 Å². The van der Waals surface area contributed by atoms with Gasteiger partial charge in [0.15, 0.2) is 0 Å². The Balaban J connectivity index is 1.59. The Morgan fingerprint density at radius 1 is 1.32 bits per heavy atom. The van der Waals surface area contributed by atoms with Crippen LogP contribution in [0, 0.1) is 0 Å². The number of ether oxygens (including phenoxy) is 2. The summed E-state index contributed by atoms with van der Waals surface area (Å²) in [5, 5.41) is 3.44. The third kappa shape index (κ3) is 5.04. The lowest BCUT2D eigenvalue weighted by Crippen LogP contribution is -2.47. The SMILES string of the molecule is CC(C)(C)OC(=O)N1CCCC(Nc2cc(C3CCCO3)ncn2)C1. The van der Waals surface area contributed by atoms with Gasteiger partial charge >= 0.3 is 6.09 Å². The number of anilines is 1. The predicted octanol–water partition coefficient (Wildman–Crippen LogP) is 3.14. The van der Waals surface area contributed by atoms with Crippen LogP contribution in [-0.2, 0) is 9.47 Å². The molecule has 0 radical (unpaired) electrons. The van der Waals surface area contributed by atoms with Crippen molar-refractivity contribution in [2.45, 2.75) is 64.2 Å². The Hall–Kier alpha value is -1.89. The highest BCUT2D eigenvalue weighted by atomic mass is 16.6. The Kier molecular flexibility index (Phi) is 5.42. The van der Waals surface area contributed by atoms with E-state index in [0.717, 1.165) is 50.3 Å². The quantitative estimate of drug-likeness (QED) is 0.904. The van der Waals surface area contributed by atoms with E-state index in [1.165, 1.54) is 0 Å². The van der Waals surface area contributed by atoms with Crippen LogP contribution in [-0.4, -0.2) is 52.3 Å². The van der Waals surface area contributed by atoms with Gasteiger partial charge in [0, 0.05) is 31.8 Å². The van der Waals surface area contributed by atoms with Crippen molar-refractivity contribution in [1.82, 2.24) is 14.9 Å². The summed E-state index contributed by atoms with van der Waals surface area (Å²) in [7, 11) is 0. The molecular weight excluding hydrogens is 320 g/mol. The van der Waals surface area contributed by atoms with Gasteiger partial charge in [-0.1, -0.05) is 0 Å². The number of piperidine rings is 1. The molecule has 2 unspecified atom stereocenters. The molecule has 3 heterocycles. The van der Waals surface area contributed by atoms with Crippen LogP contribution >= 0.6 is 0 Å². The minimum absolute atomic E-state index is 0.0770. The second-order valence-corrected chi connectivity index (χ2v) is 7.74.